The molecule has 1 aliphatic rings. The van der Waals surface area contributed by atoms with Crippen LogP contribution in [0, 0.1) is 0 Å². The van der Waals surface area contributed by atoms with Crippen molar-refractivity contribution < 1.29 is 9.59 Å². The van der Waals surface area contributed by atoms with Crippen molar-refractivity contribution in [2.24, 2.45) is 0 Å². The van der Waals surface area contributed by atoms with E-state index in [-0.39, 0.29) is 18.4 Å². The Balaban J connectivity index is 1.40. The van der Waals surface area contributed by atoms with E-state index in [1.165, 1.54) is 16.7 Å². The number of amides is 2. The highest BCUT2D eigenvalue weighted by atomic mass is 32.2. The van der Waals surface area contributed by atoms with E-state index in [0.29, 0.717) is 14.9 Å². The summed E-state index contributed by atoms with van der Waals surface area (Å²) >= 11 is 6.51. The molecule has 1 heterocycles. The van der Waals surface area contributed by atoms with E-state index >= 15 is 0 Å². The summed E-state index contributed by atoms with van der Waals surface area (Å²) in [6.45, 7) is -0.114. The molecule has 0 spiro atoms. The lowest BCUT2D eigenvalue weighted by atomic mass is 10.1. The standard InChI is InChI=1S/C24H18N2O2S2/c27-22(25-20-14-13-18-10-4-5-11-19(18)15-20)16-26-23(28)21(30-24(26)29)12-6-9-17-7-2-1-3-8-17/h1-15H,16H2,(H,25,27)/b9-6+,21-12+. The summed E-state index contributed by atoms with van der Waals surface area (Å²) in [6, 6.07) is 23.4. The number of allylic oxidation sites excluding steroid dienone is 2. The molecular formula is C24H18N2O2S2. The van der Waals surface area contributed by atoms with Gasteiger partial charge in [0.2, 0.25) is 5.91 Å². The van der Waals surface area contributed by atoms with Crippen LogP contribution in [0.2, 0.25) is 0 Å². The normalized spacial score (nSPS) is 15.5. The summed E-state index contributed by atoms with van der Waals surface area (Å²) in [6.07, 6.45) is 5.46. The lowest BCUT2D eigenvalue weighted by Crippen LogP contribution is -2.36. The first-order valence-electron chi connectivity index (χ1n) is 9.36. The van der Waals surface area contributed by atoms with Gasteiger partial charge in [-0.05, 0) is 34.5 Å². The van der Waals surface area contributed by atoms with Crippen LogP contribution in [-0.4, -0.2) is 27.6 Å². The van der Waals surface area contributed by atoms with E-state index in [4.69, 9.17) is 12.2 Å². The Bertz CT molecular complexity index is 1190. The second-order valence-electron chi connectivity index (χ2n) is 6.67. The topological polar surface area (TPSA) is 49.4 Å². The second-order valence-corrected chi connectivity index (χ2v) is 8.35. The molecule has 0 saturated carbocycles. The van der Waals surface area contributed by atoms with Gasteiger partial charge in [-0.2, -0.15) is 0 Å². The van der Waals surface area contributed by atoms with Crippen molar-refractivity contribution in [1.29, 1.82) is 0 Å². The number of thiocarbonyl (C=S) groups is 1. The van der Waals surface area contributed by atoms with Crippen molar-refractivity contribution in [2.45, 2.75) is 0 Å². The Labute approximate surface area is 184 Å². The third-order valence-corrected chi connectivity index (χ3v) is 5.94. The minimum Gasteiger partial charge on any atom is -0.325 e. The van der Waals surface area contributed by atoms with Gasteiger partial charge in [-0.15, -0.1) is 0 Å². The Kier molecular flexibility index (Phi) is 6.07. The molecule has 30 heavy (non-hydrogen) atoms. The highest BCUT2D eigenvalue weighted by Gasteiger charge is 2.33. The smallest absolute Gasteiger partial charge is 0.266 e. The van der Waals surface area contributed by atoms with Crippen molar-refractivity contribution in [1.82, 2.24) is 4.90 Å². The van der Waals surface area contributed by atoms with Crippen molar-refractivity contribution in [3.63, 3.8) is 0 Å². The Hall–Kier alpha value is -3.22. The van der Waals surface area contributed by atoms with Gasteiger partial charge in [-0.1, -0.05) is 96.8 Å². The summed E-state index contributed by atoms with van der Waals surface area (Å²) < 4.78 is 0.382. The van der Waals surface area contributed by atoms with Gasteiger partial charge in [0.15, 0.2) is 0 Å². The van der Waals surface area contributed by atoms with E-state index in [0.717, 1.165) is 16.3 Å². The number of fused-ring (bicyclic) bond motifs is 1. The first-order chi connectivity index (χ1) is 14.6. The Morgan fingerprint density at radius 2 is 1.73 bits per heavy atom. The van der Waals surface area contributed by atoms with Gasteiger partial charge in [0.1, 0.15) is 10.9 Å². The Morgan fingerprint density at radius 3 is 2.53 bits per heavy atom. The number of carbonyl (C=O) groups excluding carboxylic acids is 2. The third kappa shape index (κ3) is 4.67. The summed E-state index contributed by atoms with van der Waals surface area (Å²) in [5.41, 5.74) is 1.73. The number of anilines is 1. The number of rotatable bonds is 5. The molecule has 1 fully saturated rings. The molecule has 0 radical (unpaired) electrons. The van der Waals surface area contributed by atoms with Crippen LogP contribution in [-0.2, 0) is 9.59 Å². The quantitative estimate of drug-likeness (QED) is 0.444. The van der Waals surface area contributed by atoms with Crippen LogP contribution in [0.25, 0.3) is 16.8 Å². The number of benzene rings is 3. The Morgan fingerprint density at radius 1 is 1.00 bits per heavy atom. The molecule has 3 aromatic rings. The van der Waals surface area contributed by atoms with Crippen LogP contribution in [0.3, 0.4) is 0 Å². The minimum atomic E-state index is -0.289. The van der Waals surface area contributed by atoms with Crippen molar-refractivity contribution in [3.8, 4) is 0 Å². The van der Waals surface area contributed by atoms with Crippen LogP contribution in [0.5, 0.6) is 0 Å². The third-order valence-electron chi connectivity index (χ3n) is 4.54. The summed E-state index contributed by atoms with van der Waals surface area (Å²) in [7, 11) is 0. The number of thioether (sulfide) groups is 1. The summed E-state index contributed by atoms with van der Waals surface area (Å²) in [5, 5.41) is 4.98. The second kappa shape index (κ2) is 9.07. The fourth-order valence-electron chi connectivity index (χ4n) is 3.07. The zero-order valence-electron chi connectivity index (χ0n) is 15.9. The van der Waals surface area contributed by atoms with E-state index < -0.39 is 0 Å². The molecular weight excluding hydrogens is 412 g/mol. The number of nitrogens with one attached hydrogen (secondary N) is 1. The fourth-order valence-corrected chi connectivity index (χ4v) is 4.28. The average Bonchev–Trinajstić information content (AvgIpc) is 3.02. The molecule has 0 atom stereocenters. The van der Waals surface area contributed by atoms with Crippen LogP contribution in [0.15, 0.2) is 89.9 Å². The van der Waals surface area contributed by atoms with Crippen LogP contribution in [0.1, 0.15) is 5.56 Å². The van der Waals surface area contributed by atoms with Crippen LogP contribution < -0.4 is 5.32 Å². The molecule has 148 valence electrons. The lowest BCUT2D eigenvalue weighted by Gasteiger charge is -2.14. The largest absolute Gasteiger partial charge is 0.325 e. The highest BCUT2D eigenvalue weighted by molar-refractivity contribution is 8.26. The molecule has 0 aromatic heterocycles. The molecule has 4 nitrogen and oxygen atoms in total. The van der Waals surface area contributed by atoms with E-state index in [1.807, 2.05) is 84.9 Å². The maximum Gasteiger partial charge on any atom is 0.266 e. The van der Waals surface area contributed by atoms with E-state index in [2.05, 4.69) is 5.32 Å². The van der Waals surface area contributed by atoms with Crippen molar-refractivity contribution >= 4 is 62.7 Å². The first kappa shape index (κ1) is 20.1. The number of carbonyl (C=O) groups is 2. The zero-order valence-corrected chi connectivity index (χ0v) is 17.6. The van der Waals surface area contributed by atoms with Gasteiger partial charge in [0, 0.05) is 5.69 Å². The van der Waals surface area contributed by atoms with Crippen LogP contribution >= 0.6 is 24.0 Å². The maximum atomic E-state index is 12.7. The predicted octanol–water partition coefficient (Wildman–Crippen LogP) is 5.24. The molecule has 0 bridgehead atoms. The van der Waals surface area contributed by atoms with Gasteiger partial charge in [-0.3, -0.25) is 14.5 Å². The molecule has 1 N–H and O–H groups in total. The number of hydrogen-bond donors (Lipinski definition) is 1. The van der Waals surface area contributed by atoms with Gasteiger partial charge in [0.25, 0.3) is 5.91 Å². The molecule has 1 aliphatic heterocycles. The molecule has 0 unspecified atom stereocenters. The molecule has 1 saturated heterocycles. The average molecular weight is 431 g/mol. The summed E-state index contributed by atoms with van der Waals surface area (Å²) in [5.74, 6) is -0.543. The van der Waals surface area contributed by atoms with Gasteiger partial charge in [0.05, 0.1) is 4.91 Å². The molecule has 0 aliphatic carbocycles. The van der Waals surface area contributed by atoms with Crippen molar-refractivity contribution in [3.05, 3.63) is 95.4 Å². The first-order valence-corrected chi connectivity index (χ1v) is 10.6. The van der Waals surface area contributed by atoms with Crippen LogP contribution in [0.4, 0.5) is 5.69 Å². The predicted molar refractivity (Wildman–Crippen MR) is 128 cm³/mol. The minimum absolute atomic E-state index is 0.114. The molecule has 4 rings (SSSR count). The molecule has 2 amide bonds. The van der Waals surface area contributed by atoms with E-state index in [1.54, 1.807) is 6.08 Å². The molecule has 6 heteroatoms. The maximum absolute atomic E-state index is 12.7. The number of hydrogen-bond acceptors (Lipinski definition) is 4. The lowest BCUT2D eigenvalue weighted by molar-refractivity contribution is -0.126. The molecule has 3 aromatic carbocycles. The van der Waals surface area contributed by atoms with Gasteiger partial charge < -0.3 is 5.32 Å². The van der Waals surface area contributed by atoms with Crippen molar-refractivity contribution in [2.75, 3.05) is 11.9 Å². The number of nitrogens with zero attached hydrogens (tertiary/aromatic N) is 1. The SMILES string of the molecule is O=C(CN1C(=O)/C(=C\C=C\c2ccccc2)SC1=S)Nc1ccc2ccccc2c1. The van der Waals surface area contributed by atoms with Gasteiger partial charge in [-0.25, -0.2) is 0 Å². The highest BCUT2D eigenvalue weighted by Crippen LogP contribution is 2.31. The van der Waals surface area contributed by atoms with E-state index in [9.17, 15) is 9.59 Å². The monoisotopic (exact) mass is 430 g/mol. The fraction of sp³-hybridized carbons (Fsp3) is 0.0417. The summed E-state index contributed by atoms with van der Waals surface area (Å²) in [4.78, 5) is 27.0. The van der Waals surface area contributed by atoms with Gasteiger partial charge >= 0.3 is 0 Å². The zero-order chi connectivity index (χ0) is 20.9.